The number of carbonyl (C=O) groups excluding carboxylic acids is 2. The van der Waals surface area contributed by atoms with Crippen molar-refractivity contribution < 1.29 is 23.1 Å². The van der Waals surface area contributed by atoms with E-state index in [0.29, 0.717) is 75.5 Å². The Kier molecular flexibility index (Phi) is 9.06. The predicted molar refractivity (Wildman–Crippen MR) is 169 cm³/mol. The lowest BCUT2D eigenvalue weighted by Gasteiger charge is -2.41. The largest absolute Gasteiger partial charge is 0.370 e. The molecule has 0 saturated carbocycles. The van der Waals surface area contributed by atoms with Gasteiger partial charge in [-0.05, 0) is 43.5 Å². The third-order valence-electron chi connectivity index (χ3n) is 9.42. The van der Waals surface area contributed by atoms with Gasteiger partial charge in [-0.3, -0.25) is 14.5 Å². The Bertz CT molecular complexity index is 1760. The number of amides is 2. The van der Waals surface area contributed by atoms with Crippen LogP contribution in [-0.4, -0.2) is 74.5 Å². The van der Waals surface area contributed by atoms with Crippen LogP contribution in [0.3, 0.4) is 0 Å². The first-order valence-electron chi connectivity index (χ1n) is 15.4. The molecule has 3 aliphatic heterocycles. The van der Waals surface area contributed by atoms with Gasteiger partial charge in [0, 0.05) is 67.3 Å². The number of nitrogens with two attached hydrogens (primary N) is 2. The monoisotopic (exact) mass is 651 g/mol. The smallest absolute Gasteiger partial charge is 0.272 e. The minimum absolute atomic E-state index is 0. The molecule has 242 valence electrons. The number of nitrogens with zero attached hydrogens (tertiary/aromatic N) is 5. The molecule has 3 atom stereocenters. The van der Waals surface area contributed by atoms with E-state index >= 15 is 0 Å². The number of hydrogen-bond acceptors (Lipinski definition) is 7. The van der Waals surface area contributed by atoms with Gasteiger partial charge < -0.3 is 21.1 Å². The molecule has 0 radical (unpaired) electrons. The Morgan fingerprint density at radius 3 is 2.48 bits per heavy atom. The Balaban J connectivity index is 0.00000372. The molecule has 0 aliphatic carbocycles. The minimum atomic E-state index is -0.731. The number of rotatable bonds is 5. The maximum atomic E-state index is 14.5. The molecule has 10 nitrogen and oxygen atoms in total. The van der Waals surface area contributed by atoms with Gasteiger partial charge in [0.05, 0.1) is 18.0 Å². The van der Waals surface area contributed by atoms with Gasteiger partial charge in [0.2, 0.25) is 5.91 Å². The van der Waals surface area contributed by atoms with Crippen molar-refractivity contribution in [3.63, 3.8) is 0 Å². The molecule has 3 aliphatic rings. The van der Waals surface area contributed by atoms with E-state index in [4.69, 9.17) is 26.3 Å². The zero-order valence-electron chi connectivity index (χ0n) is 25.1. The summed E-state index contributed by atoms with van der Waals surface area (Å²) in [4.78, 5) is 34.7. The fourth-order valence-electron chi connectivity index (χ4n) is 6.90. The van der Waals surface area contributed by atoms with E-state index in [-0.39, 0.29) is 41.7 Å². The van der Waals surface area contributed by atoms with Crippen molar-refractivity contribution in [2.24, 2.45) is 17.4 Å². The number of benzene rings is 2. The highest BCUT2D eigenvalue weighted by Crippen LogP contribution is 2.34. The number of carbonyl (C=O) groups is 2. The normalized spacial score (nSPS) is 22.3. The quantitative estimate of drug-likeness (QED) is 0.337. The minimum Gasteiger partial charge on any atom is -0.370 e. The van der Waals surface area contributed by atoms with Crippen molar-refractivity contribution in [3.05, 3.63) is 88.7 Å². The van der Waals surface area contributed by atoms with Crippen LogP contribution >= 0.6 is 12.4 Å². The van der Waals surface area contributed by atoms with Gasteiger partial charge in [0.15, 0.2) is 5.65 Å². The molecule has 0 unspecified atom stereocenters. The first kappa shape index (κ1) is 32.0. The second-order valence-corrected chi connectivity index (χ2v) is 12.2. The van der Waals surface area contributed by atoms with E-state index in [2.05, 4.69) is 4.90 Å². The zero-order chi connectivity index (χ0) is 31.2. The molecule has 7 rings (SSSR count). The van der Waals surface area contributed by atoms with Crippen molar-refractivity contribution in [1.82, 2.24) is 24.4 Å². The van der Waals surface area contributed by atoms with E-state index in [9.17, 15) is 18.4 Å². The molecule has 0 spiro atoms. The summed E-state index contributed by atoms with van der Waals surface area (Å²) in [5.74, 6) is -1.79. The van der Waals surface area contributed by atoms with E-state index in [1.165, 1.54) is 0 Å². The Morgan fingerprint density at radius 2 is 1.76 bits per heavy atom. The third kappa shape index (κ3) is 5.97. The molecule has 13 heteroatoms. The van der Waals surface area contributed by atoms with Gasteiger partial charge in [-0.2, -0.15) is 5.10 Å². The zero-order valence-corrected chi connectivity index (χ0v) is 26.0. The third-order valence-corrected chi connectivity index (χ3v) is 9.42. The molecule has 4 aromatic rings. The average Bonchev–Trinajstić information content (AvgIpc) is 3.43. The molecule has 46 heavy (non-hydrogen) atoms. The topological polar surface area (TPSA) is 132 Å². The summed E-state index contributed by atoms with van der Waals surface area (Å²) in [6.07, 6.45) is 1.52. The maximum absolute atomic E-state index is 14.5. The number of fused-ring (bicyclic) bond motifs is 3. The van der Waals surface area contributed by atoms with Crippen LogP contribution in [0.2, 0.25) is 0 Å². The number of piperidine rings is 1. The standard InChI is InChI=1S/C33H35F2N7O3.ClH/c34-21-6-7-25(35)23(14-21)30-26(36)15-22(18-45-30)41-13-10-27-24(17-41)32-38-28(19-4-2-1-3-5-19)16-29(42(32)39-27)33(44)40-11-8-20(9-12-40)31(37)43;/h1-7,14,16,20,22,26,30H,8-13,15,17-18,36H2,(H2,37,43);1H/t22-,26+,30-;/m1./s1. The fraction of sp³-hybridized carbons (Fsp3) is 0.394. The molecule has 2 fully saturated rings. The van der Waals surface area contributed by atoms with E-state index in [1.54, 1.807) is 15.5 Å². The molecule has 2 aromatic carbocycles. The highest BCUT2D eigenvalue weighted by molar-refractivity contribution is 5.94. The van der Waals surface area contributed by atoms with E-state index in [1.807, 2.05) is 30.3 Å². The van der Waals surface area contributed by atoms with Crippen molar-refractivity contribution >= 4 is 29.9 Å². The molecule has 5 heterocycles. The van der Waals surface area contributed by atoms with Gasteiger partial charge in [-0.25, -0.2) is 18.3 Å². The molecule has 2 aromatic heterocycles. The van der Waals surface area contributed by atoms with Crippen molar-refractivity contribution in [2.45, 2.75) is 50.4 Å². The van der Waals surface area contributed by atoms with Crippen LogP contribution in [0.15, 0.2) is 54.6 Å². The Hall–Kier alpha value is -3.97. The van der Waals surface area contributed by atoms with Crippen LogP contribution < -0.4 is 11.5 Å². The van der Waals surface area contributed by atoms with E-state index < -0.39 is 23.8 Å². The van der Waals surface area contributed by atoms with E-state index in [0.717, 1.165) is 35.0 Å². The summed E-state index contributed by atoms with van der Waals surface area (Å²) in [7, 11) is 0. The van der Waals surface area contributed by atoms with Crippen LogP contribution in [0, 0.1) is 17.6 Å². The van der Waals surface area contributed by atoms with Gasteiger partial charge >= 0.3 is 0 Å². The lowest BCUT2D eigenvalue weighted by molar-refractivity contribution is -0.123. The lowest BCUT2D eigenvalue weighted by atomic mass is 9.92. The summed E-state index contributed by atoms with van der Waals surface area (Å²) >= 11 is 0. The fourth-order valence-corrected chi connectivity index (χ4v) is 6.90. The summed E-state index contributed by atoms with van der Waals surface area (Å²) in [5.41, 5.74) is 16.5. The number of hydrogen-bond donors (Lipinski definition) is 2. The highest BCUT2D eigenvalue weighted by Gasteiger charge is 2.37. The van der Waals surface area contributed by atoms with Crippen LogP contribution in [0.4, 0.5) is 8.78 Å². The molecule has 0 bridgehead atoms. The maximum Gasteiger partial charge on any atom is 0.272 e. The highest BCUT2D eigenvalue weighted by atomic mass is 35.5. The van der Waals surface area contributed by atoms with Crippen LogP contribution in [-0.2, 0) is 22.5 Å². The van der Waals surface area contributed by atoms with Gasteiger partial charge in [0.1, 0.15) is 23.4 Å². The number of halogens is 3. The Labute approximate surface area is 271 Å². The molecule has 2 amide bonds. The van der Waals surface area contributed by atoms with Crippen molar-refractivity contribution in [1.29, 1.82) is 0 Å². The number of likely N-dealkylation sites (tertiary alicyclic amines) is 1. The SMILES string of the molecule is Cl.NC(=O)C1CCN(C(=O)c2cc(-c3ccccc3)nc3c4c(nn23)CCN([C@H]2CO[C@H](c3cc(F)ccc3F)[C@@H](N)C2)C4)CC1. The van der Waals surface area contributed by atoms with Crippen molar-refractivity contribution in [3.8, 4) is 11.3 Å². The van der Waals surface area contributed by atoms with Crippen LogP contribution in [0.1, 0.15) is 52.7 Å². The summed E-state index contributed by atoms with van der Waals surface area (Å²) < 4.78 is 36.1. The van der Waals surface area contributed by atoms with Gasteiger partial charge in [-0.1, -0.05) is 30.3 Å². The molecular formula is C33H36ClF2N7O3. The summed E-state index contributed by atoms with van der Waals surface area (Å²) in [5, 5.41) is 4.88. The lowest BCUT2D eigenvalue weighted by Crippen LogP contribution is -2.50. The average molecular weight is 652 g/mol. The van der Waals surface area contributed by atoms with Crippen molar-refractivity contribution in [2.75, 3.05) is 26.2 Å². The predicted octanol–water partition coefficient (Wildman–Crippen LogP) is 3.65. The van der Waals surface area contributed by atoms with Gasteiger partial charge in [-0.15, -0.1) is 12.4 Å². The molecular weight excluding hydrogens is 616 g/mol. The molecule has 2 saturated heterocycles. The number of aromatic nitrogens is 3. The Morgan fingerprint density at radius 1 is 1.00 bits per heavy atom. The number of primary amides is 1. The second kappa shape index (κ2) is 13.0. The first-order chi connectivity index (χ1) is 21.8. The van der Waals surface area contributed by atoms with Crippen LogP contribution in [0.25, 0.3) is 16.9 Å². The second-order valence-electron chi connectivity index (χ2n) is 12.2. The van der Waals surface area contributed by atoms with Gasteiger partial charge in [0.25, 0.3) is 5.91 Å². The summed E-state index contributed by atoms with van der Waals surface area (Å²) in [6.45, 7) is 2.42. The van der Waals surface area contributed by atoms with Crippen LogP contribution in [0.5, 0.6) is 0 Å². The first-order valence-corrected chi connectivity index (χ1v) is 15.4. The summed E-state index contributed by atoms with van der Waals surface area (Å²) in [6, 6.07) is 14.3. The molecule has 4 N–H and O–H groups in total. The number of ether oxygens (including phenoxy) is 1.